The van der Waals surface area contributed by atoms with Crippen LogP contribution in [0, 0.1) is 5.92 Å². The van der Waals surface area contributed by atoms with Gasteiger partial charge in [-0.25, -0.2) is 0 Å². The van der Waals surface area contributed by atoms with Gasteiger partial charge in [-0.2, -0.15) is 0 Å². The number of ether oxygens (including phenoxy) is 5. The molecule has 0 radical (unpaired) electrons. The van der Waals surface area contributed by atoms with E-state index in [4.69, 9.17) is 41.6 Å². The highest BCUT2D eigenvalue weighted by atomic mass is 32.1. The average molecular weight is 729 g/mol. The number of aliphatic hydroxyl groups excluding tert-OH is 2. The highest BCUT2D eigenvalue weighted by Crippen LogP contribution is 2.34. The summed E-state index contributed by atoms with van der Waals surface area (Å²) >= 11 is 5.06. The highest BCUT2D eigenvalue weighted by Gasteiger charge is 2.48. The number of hydrogen-bond acceptors (Lipinski definition) is 8. The first-order chi connectivity index (χ1) is 25.4. The van der Waals surface area contributed by atoms with E-state index < -0.39 is 42.7 Å². The molecule has 0 aromatic heterocycles. The number of benzene rings is 4. The lowest BCUT2D eigenvalue weighted by Gasteiger charge is -2.46. The van der Waals surface area contributed by atoms with Crippen LogP contribution in [0.2, 0.25) is 0 Å². The molecule has 1 saturated heterocycles. The van der Waals surface area contributed by atoms with Gasteiger partial charge in [-0.3, -0.25) is 0 Å². The minimum Gasteiger partial charge on any atom is -0.391 e. The van der Waals surface area contributed by atoms with Gasteiger partial charge in [0.25, 0.3) is 0 Å². The van der Waals surface area contributed by atoms with Crippen molar-refractivity contribution >= 4 is 17.3 Å². The molecule has 1 aliphatic rings. The number of hydrogen-bond donors (Lipinski definition) is 4. The van der Waals surface area contributed by atoms with E-state index in [1.807, 2.05) is 121 Å². The molecule has 0 aliphatic carbocycles. The van der Waals surface area contributed by atoms with Crippen molar-refractivity contribution in [1.82, 2.24) is 5.32 Å². The number of nitrogens with one attached hydrogen (secondary N) is 1. The van der Waals surface area contributed by atoms with Crippen LogP contribution in [0.1, 0.15) is 42.0 Å². The average Bonchev–Trinajstić information content (AvgIpc) is 3.17. The van der Waals surface area contributed by atoms with Gasteiger partial charge in [0.1, 0.15) is 24.4 Å². The molecule has 10 heteroatoms. The Hall–Kier alpha value is -3.71. The first-order valence-electron chi connectivity index (χ1n) is 18.0. The predicted molar refractivity (Wildman–Crippen MR) is 205 cm³/mol. The SMILES string of the molecule is CC(O)C(O)C(CCC1OC(COCc2ccccc2)C(OCc2ccccc2)C(OCc2ccccc2)C1OCc1ccccc1)CNC(N)=S. The molecule has 0 saturated carbocycles. The van der Waals surface area contributed by atoms with Crippen molar-refractivity contribution in [3.05, 3.63) is 144 Å². The summed E-state index contributed by atoms with van der Waals surface area (Å²) in [6.07, 6.45) is -3.63. The van der Waals surface area contributed by atoms with Crippen LogP contribution in [0.25, 0.3) is 0 Å². The largest absolute Gasteiger partial charge is 0.391 e. The number of rotatable bonds is 20. The molecule has 52 heavy (non-hydrogen) atoms. The summed E-state index contributed by atoms with van der Waals surface area (Å²) in [5.41, 5.74) is 9.87. The normalized spacial score (nSPS) is 21.9. The van der Waals surface area contributed by atoms with E-state index in [0.29, 0.717) is 45.8 Å². The lowest BCUT2D eigenvalue weighted by atomic mass is 9.87. The van der Waals surface area contributed by atoms with Gasteiger partial charge in [-0.15, -0.1) is 0 Å². The molecule has 0 amide bonds. The van der Waals surface area contributed by atoms with Crippen molar-refractivity contribution in [2.45, 2.75) is 88.9 Å². The molecular weight excluding hydrogens is 677 g/mol. The maximum absolute atomic E-state index is 11.0. The van der Waals surface area contributed by atoms with Gasteiger partial charge in [0.05, 0.1) is 51.3 Å². The van der Waals surface area contributed by atoms with Crippen molar-refractivity contribution < 1.29 is 33.9 Å². The van der Waals surface area contributed by atoms with Crippen LogP contribution in [-0.4, -0.2) is 71.2 Å². The molecular formula is C42H52N2O7S. The Kier molecular flexibility index (Phi) is 16.0. The lowest BCUT2D eigenvalue weighted by Crippen LogP contribution is -2.61. The Labute approximate surface area is 313 Å². The van der Waals surface area contributed by atoms with Gasteiger partial charge in [0, 0.05) is 12.5 Å². The maximum atomic E-state index is 11.0. The Morgan fingerprint density at radius 2 is 1.10 bits per heavy atom. The van der Waals surface area contributed by atoms with Gasteiger partial charge in [-0.1, -0.05) is 121 Å². The molecule has 4 aromatic rings. The second kappa shape index (κ2) is 21.1. The van der Waals surface area contributed by atoms with Crippen LogP contribution in [0.5, 0.6) is 0 Å². The van der Waals surface area contributed by atoms with Crippen LogP contribution in [0.15, 0.2) is 121 Å². The lowest BCUT2D eigenvalue weighted by molar-refractivity contribution is -0.274. The van der Waals surface area contributed by atoms with Gasteiger partial charge < -0.3 is 44.9 Å². The smallest absolute Gasteiger partial charge is 0.163 e. The molecule has 5 N–H and O–H groups in total. The molecule has 4 aromatic carbocycles. The summed E-state index contributed by atoms with van der Waals surface area (Å²) in [6, 6.07) is 40.1. The third kappa shape index (κ3) is 12.5. The molecule has 0 bridgehead atoms. The highest BCUT2D eigenvalue weighted by molar-refractivity contribution is 7.80. The molecule has 1 aliphatic heterocycles. The molecule has 8 atom stereocenters. The Morgan fingerprint density at radius 1 is 0.673 bits per heavy atom. The Morgan fingerprint density at radius 3 is 1.54 bits per heavy atom. The molecule has 5 rings (SSSR count). The number of nitrogens with two attached hydrogens (primary N) is 1. The quantitative estimate of drug-likeness (QED) is 0.0844. The van der Waals surface area contributed by atoms with Crippen LogP contribution in [0.4, 0.5) is 0 Å². The van der Waals surface area contributed by atoms with Gasteiger partial charge >= 0.3 is 0 Å². The monoisotopic (exact) mass is 728 g/mol. The number of thiocarbonyl (C=S) groups is 1. The van der Waals surface area contributed by atoms with Crippen molar-refractivity contribution in [2.24, 2.45) is 11.7 Å². The van der Waals surface area contributed by atoms with Crippen LogP contribution in [0.3, 0.4) is 0 Å². The fourth-order valence-electron chi connectivity index (χ4n) is 6.51. The van der Waals surface area contributed by atoms with E-state index >= 15 is 0 Å². The van der Waals surface area contributed by atoms with Crippen molar-refractivity contribution in [3.8, 4) is 0 Å². The van der Waals surface area contributed by atoms with Crippen molar-refractivity contribution in [3.63, 3.8) is 0 Å². The Bertz CT molecular complexity index is 1570. The summed E-state index contributed by atoms with van der Waals surface area (Å²) in [5.74, 6) is -0.372. The molecule has 1 fully saturated rings. The summed E-state index contributed by atoms with van der Waals surface area (Å²) in [4.78, 5) is 0. The molecule has 8 unspecified atom stereocenters. The fourth-order valence-corrected chi connectivity index (χ4v) is 6.60. The van der Waals surface area contributed by atoms with Crippen molar-refractivity contribution in [2.75, 3.05) is 13.2 Å². The third-order valence-electron chi connectivity index (χ3n) is 9.32. The predicted octanol–water partition coefficient (Wildman–Crippen LogP) is 5.70. The van der Waals surface area contributed by atoms with Crippen LogP contribution in [-0.2, 0) is 50.1 Å². The van der Waals surface area contributed by atoms with Crippen molar-refractivity contribution in [1.29, 1.82) is 0 Å². The van der Waals surface area contributed by atoms with Gasteiger partial charge in [-0.05, 0) is 54.2 Å². The van der Waals surface area contributed by atoms with E-state index in [1.165, 1.54) is 0 Å². The minimum absolute atomic E-state index is 0.129. The second-order valence-electron chi connectivity index (χ2n) is 13.3. The van der Waals surface area contributed by atoms with Gasteiger partial charge in [0.15, 0.2) is 5.11 Å². The minimum atomic E-state index is -1.01. The molecule has 9 nitrogen and oxygen atoms in total. The topological polar surface area (TPSA) is 125 Å². The van der Waals surface area contributed by atoms with Gasteiger partial charge in [0.2, 0.25) is 0 Å². The van der Waals surface area contributed by atoms with Crippen LogP contribution >= 0.6 is 12.2 Å². The first-order valence-corrected chi connectivity index (χ1v) is 18.4. The van der Waals surface area contributed by atoms with E-state index in [9.17, 15) is 10.2 Å². The van der Waals surface area contributed by atoms with E-state index in [0.717, 1.165) is 22.3 Å². The zero-order valence-electron chi connectivity index (χ0n) is 29.7. The second-order valence-corrected chi connectivity index (χ2v) is 13.8. The number of aliphatic hydroxyl groups is 2. The summed E-state index contributed by atoms with van der Waals surface area (Å²) in [5, 5.41) is 24.4. The molecule has 1 heterocycles. The zero-order chi connectivity index (χ0) is 36.5. The fraction of sp³-hybridized carbons (Fsp3) is 0.405. The summed E-state index contributed by atoms with van der Waals surface area (Å²) < 4.78 is 33.7. The zero-order valence-corrected chi connectivity index (χ0v) is 30.6. The van der Waals surface area contributed by atoms with E-state index in [-0.39, 0.29) is 17.6 Å². The molecule has 0 spiro atoms. The maximum Gasteiger partial charge on any atom is 0.163 e. The summed E-state index contributed by atoms with van der Waals surface area (Å²) in [6.45, 7) is 3.55. The first kappa shape index (κ1) is 39.5. The Balaban J connectivity index is 1.46. The molecule has 278 valence electrons. The van der Waals surface area contributed by atoms with Crippen LogP contribution < -0.4 is 11.1 Å². The summed E-state index contributed by atoms with van der Waals surface area (Å²) in [7, 11) is 0. The standard InChI is InChI=1S/C42H52N2O7S/c1-30(45)38(46)35(24-44-42(43)52)22-23-36-39(48-26-32-16-8-3-9-17-32)41(50-28-34-20-12-5-13-21-34)40(49-27-33-18-10-4-11-19-33)37(51-36)29-47-25-31-14-6-2-7-15-31/h2-21,30,35-41,45-46H,22-29H2,1H3,(H3,43,44,52). The van der Waals surface area contributed by atoms with E-state index in [1.54, 1.807) is 6.92 Å². The van der Waals surface area contributed by atoms with E-state index in [2.05, 4.69) is 5.32 Å². The third-order valence-corrected chi connectivity index (χ3v) is 9.46.